The van der Waals surface area contributed by atoms with Crippen LogP contribution in [0.1, 0.15) is 67.7 Å². The first-order valence-corrected chi connectivity index (χ1v) is 11.8. The molecule has 0 aromatic carbocycles. The second-order valence-electron chi connectivity index (χ2n) is 8.05. The van der Waals surface area contributed by atoms with E-state index in [0.717, 1.165) is 45.6 Å². The van der Waals surface area contributed by atoms with Crippen LogP contribution in [-0.2, 0) is 9.59 Å². The van der Waals surface area contributed by atoms with Crippen LogP contribution in [-0.4, -0.2) is 96.9 Å². The van der Waals surface area contributed by atoms with Crippen LogP contribution in [0.2, 0.25) is 0 Å². The fraction of sp³-hybridized carbons (Fsp3) is 0.913. The number of amides is 2. The van der Waals surface area contributed by atoms with Crippen LogP contribution in [0.25, 0.3) is 0 Å². The molecule has 2 rings (SSSR count). The van der Waals surface area contributed by atoms with Crippen molar-refractivity contribution < 1.29 is 9.59 Å². The Balaban J connectivity index is 0.00000184. The van der Waals surface area contributed by atoms with Gasteiger partial charge in [-0.2, -0.15) is 0 Å². The van der Waals surface area contributed by atoms with Crippen molar-refractivity contribution >= 4 is 11.8 Å². The molecule has 2 fully saturated rings. The monoisotopic (exact) mass is 412 g/mol. The van der Waals surface area contributed by atoms with Gasteiger partial charge in [0.2, 0.25) is 11.8 Å². The van der Waals surface area contributed by atoms with Gasteiger partial charge < -0.3 is 9.80 Å². The van der Waals surface area contributed by atoms with Crippen molar-refractivity contribution in [3.8, 4) is 0 Å². The smallest absolute Gasteiger partial charge is 0.236 e. The fourth-order valence-electron chi connectivity index (χ4n) is 3.98. The van der Waals surface area contributed by atoms with Crippen LogP contribution in [0.3, 0.4) is 0 Å². The van der Waals surface area contributed by atoms with E-state index in [0.29, 0.717) is 36.9 Å². The fourth-order valence-corrected chi connectivity index (χ4v) is 3.98. The summed E-state index contributed by atoms with van der Waals surface area (Å²) in [5, 5.41) is 0. The lowest BCUT2D eigenvalue weighted by molar-refractivity contribution is -0.133. The molecule has 0 aromatic rings. The average molecular weight is 413 g/mol. The molecule has 172 valence electrons. The molecule has 0 radical (unpaired) electrons. The van der Waals surface area contributed by atoms with Crippen molar-refractivity contribution in [1.29, 1.82) is 0 Å². The first-order chi connectivity index (χ1) is 13.8. The van der Waals surface area contributed by atoms with E-state index in [1.807, 2.05) is 53.6 Å². The zero-order valence-electron chi connectivity index (χ0n) is 20.7. The van der Waals surface area contributed by atoms with E-state index in [1.165, 1.54) is 0 Å². The minimum absolute atomic E-state index is 0.181. The summed E-state index contributed by atoms with van der Waals surface area (Å²) in [6.07, 6.45) is 2.85. The molecule has 0 N–H and O–H groups in total. The summed E-state index contributed by atoms with van der Waals surface area (Å²) in [5.41, 5.74) is 0. The number of hydrogen-bond donors (Lipinski definition) is 0. The minimum Gasteiger partial charge on any atom is -0.348 e. The van der Waals surface area contributed by atoms with Crippen molar-refractivity contribution in [1.82, 2.24) is 19.6 Å². The summed E-state index contributed by atoms with van der Waals surface area (Å²) in [5.74, 6) is 1.16. The molecule has 2 aliphatic heterocycles. The van der Waals surface area contributed by atoms with E-state index in [2.05, 4.69) is 23.6 Å². The number of hydrogen-bond acceptors (Lipinski definition) is 4. The van der Waals surface area contributed by atoms with E-state index in [-0.39, 0.29) is 5.91 Å². The molecular formula is C23H48N4O2. The number of carbonyl (C=O) groups is 2. The molecule has 6 nitrogen and oxygen atoms in total. The highest BCUT2D eigenvalue weighted by atomic mass is 16.2. The van der Waals surface area contributed by atoms with Gasteiger partial charge in [-0.25, -0.2) is 0 Å². The number of piperidine rings is 1. The Morgan fingerprint density at radius 3 is 1.86 bits per heavy atom. The highest BCUT2D eigenvalue weighted by Gasteiger charge is 2.32. The second-order valence-corrected chi connectivity index (χ2v) is 8.05. The van der Waals surface area contributed by atoms with E-state index in [4.69, 9.17) is 0 Å². The van der Waals surface area contributed by atoms with Crippen LogP contribution < -0.4 is 0 Å². The number of nitrogens with zero attached hydrogens (tertiary/aromatic N) is 4. The van der Waals surface area contributed by atoms with Gasteiger partial charge in [0, 0.05) is 65.3 Å². The van der Waals surface area contributed by atoms with E-state index >= 15 is 0 Å². The third-order valence-electron chi connectivity index (χ3n) is 5.84. The quantitative estimate of drug-likeness (QED) is 0.696. The predicted octanol–water partition coefficient (Wildman–Crippen LogP) is 3.17. The van der Waals surface area contributed by atoms with E-state index in [9.17, 15) is 9.59 Å². The number of likely N-dealkylation sites (N-methyl/N-ethyl adjacent to an activating group) is 1. The van der Waals surface area contributed by atoms with Gasteiger partial charge in [0.05, 0.1) is 6.54 Å². The van der Waals surface area contributed by atoms with Gasteiger partial charge in [-0.05, 0) is 32.6 Å². The van der Waals surface area contributed by atoms with E-state index in [1.54, 1.807) is 4.90 Å². The van der Waals surface area contributed by atoms with Crippen LogP contribution in [0.15, 0.2) is 0 Å². The number of carbonyl (C=O) groups excluding carboxylic acids is 2. The summed E-state index contributed by atoms with van der Waals surface area (Å²) in [7, 11) is 3.64. The molecule has 0 unspecified atom stereocenters. The molecule has 2 saturated heterocycles. The number of rotatable bonds is 5. The Hall–Kier alpha value is -1.14. The maximum Gasteiger partial charge on any atom is 0.236 e. The lowest BCUT2D eigenvalue weighted by atomic mass is 9.94. The number of piperazine rings is 1. The van der Waals surface area contributed by atoms with Gasteiger partial charge in [0.15, 0.2) is 0 Å². The highest BCUT2D eigenvalue weighted by Crippen LogP contribution is 2.23. The number of likely N-dealkylation sites (tertiary alicyclic amines) is 1. The van der Waals surface area contributed by atoms with Crippen molar-refractivity contribution in [3.05, 3.63) is 0 Å². The zero-order valence-corrected chi connectivity index (χ0v) is 20.7. The van der Waals surface area contributed by atoms with Crippen molar-refractivity contribution in [2.75, 3.05) is 53.4 Å². The Kier molecular flexibility index (Phi) is 14.2. The van der Waals surface area contributed by atoms with Gasteiger partial charge in [0.25, 0.3) is 0 Å². The third-order valence-corrected chi connectivity index (χ3v) is 5.84. The Bertz CT molecular complexity index is 462. The van der Waals surface area contributed by atoms with Crippen LogP contribution >= 0.6 is 0 Å². The standard InChI is InChI=1S/C19H36N4O2.2C2H6/c1-6-18(24)21-9-7-17(8-10-21)13-22-11-16(3)23(12-15(22)2)14-19(25)20(4)5;2*1-2/h15-17H,6-14H2,1-5H3;2*1-2H3/t15-,16+;;/m0../s1. The Morgan fingerprint density at radius 2 is 1.38 bits per heavy atom. The molecule has 0 aliphatic carbocycles. The minimum atomic E-state index is 0.181. The lowest BCUT2D eigenvalue weighted by Crippen LogP contribution is -2.59. The van der Waals surface area contributed by atoms with E-state index < -0.39 is 0 Å². The molecule has 2 atom stereocenters. The summed E-state index contributed by atoms with van der Waals surface area (Å²) in [6, 6.07) is 0.878. The molecule has 29 heavy (non-hydrogen) atoms. The molecule has 0 saturated carbocycles. The van der Waals surface area contributed by atoms with Crippen LogP contribution in [0.5, 0.6) is 0 Å². The van der Waals surface area contributed by atoms with Crippen molar-refractivity contribution in [2.24, 2.45) is 5.92 Å². The third kappa shape index (κ3) is 9.04. The van der Waals surface area contributed by atoms with Crippen LogP contribution in [0.4, 0.5) is 0 Å². The van der Waals surface area contributed by atoms with Gasteiger partial charge in [-0.1, -0.05) is 34.6 Å². The summed E-state index contributed by atoms with van der Waals surface area (Å²) >= 11 is 0. The van der Waals surface area contributed by atoms with Gasteiger partial charge >= 0.3 is 0 Å². The van der Waals surface area contributed by atoms with Crippen molar-refractivity contribution in [3.63, 3.8) is 0 Å². The largest absolute Gasteiger partial charge is 0.348 e. The highest BCUT2D eigenvalue weighted by molar-refractivity contribution is 5.77. The lowest BCUT2D eigenvalue weighted by Gasteiger charge is -2.46. The normalized spacial score (nSPS) is 23.4. The first kappa shape index (κ1) is 27.9. The molecule has 2 aliphatic rings. The maximum atomic E-state index is 12.0. The predicted molar refractivity (Wildman–Crippen MR) is 123 cm³/mol. The molecular weight excluding hydrogens is 364 g/mol. The molecule has 2 amide bonds. The molecule has 0 spiro atoms. The molecule has 2 heterocycles. The second kappa shape index (κ2) is 14.8. The SMILES string of the molecule is CC.CC.CCC(=O)N1CCC(CN2C[C@@H](C)N(CC(=O)N(C)C)C[C@@H]2C)CC1. The first-order valence-electron chi connectivity index (χ1n) is 11.8. The van der Waals surface area contributed by atoms with Crippen LogP contribution in [0, 0.1) is 5.92 Å². The maximum absolute atomic E-state index is 12.0. The van der Waals surface area contributed by atoms with Gasteiger partial charge in [0.1, 0.15) is 0 Å². The Morgan fingerprint density at radius 1 is 0.897 bits per heavy atom. The van der Waals surface area contributed by atoms with Crippen molar-refractivity contribution in [2.45, 2.75) is 79.8 Å². The average Bonchev–Trinajstić information content (AvgIpc) is 2.74. The molecule has 6 heteroatoms. The molecule has 0 aromatic heterocycles. The van der Waals surface area contributed by atoms with Gasteiger partial charge in [-0.3, -0.25) is 19.4 Å². The summed E-state index contributed by atoms with van der Waals surface area (Å²) < 4.78 is 0. The molecule has 0 bridgehead atoms. The van der Waals surface area contributed by atoms with Gasteiger partial charge in [-0.15, -0.1) is 0 Å². The zero-order chi connectivity index (χ0) is 22.6. The Labute approximate surface area is 180 Å². The summed E-state index contributed by atoms with van der Waals surface area (Å²) in [4.78, 5) is 32.4. The topological polar surface area (TPSA) is 47.1 Å². The summed E-state index contributed by atoms with van der Waals surface area (Å²) in [6.45, 7) is 19.9.